The Kier molecular flexibility index (Phi) is 4.83. The predicted octanol–water partition coefficient (Wildman–Crippen LogP) is 3.77. The molecular formula is C23H25N5O2S. The van der Waals surface area contributed by atoms with E-state index < -0.39 is 10.0 Å². The lowest BCUT2D eigenvalue weighted by atomic mass is 10.1. The number of hydrogen-bond acceptors (Lipinski definition) is 5. The molecule has 1 atom stereocenters. The zero-order valence-corrected chi connectivity index (χ0v) is 18.5. The van der Waals surface area contributed by atoms with Gasteiger partial charge in [-0.2, -0.15) is 5.26 Å². The Hall–Kier alpha value is -2.76. The fraction of sp³-hybridized carbons (Fsp3) is 0.435. The van der Waals surface area contributed by atoms with Crippen molar-refractivity contribution in [3.05, 3.63) is 41.7 Å². The maximum atomic E-state index is 12.7. The van der Waals surface area contributed by atoms with Crippen LogP contribution in [0.3, 0.4) is 0 Å². The third kappa shape index (κ3) is 3.84. The summed E-state index contributed by atoms with van der Waals surface area (Å²) in [6.45, 7) is 4.73. The van der Waals surface area contributed by atoms with Crippen molar-refractivity contribution >= 4 is 20.9 Å². The fourth-order valence-electron chi connectivity index (χ4n) is 4.14. The summed E-state index contributed by atoms with van der Waals surface area (Å²) < 4.78 is 30.3. The van der Waals surface area contributed by atoms with Crippen molar-refractivity contribution in [1.82, 2.24) is 19.3 Å². The first-order valence-electron chi connectivity index (χ1n) is 10.7. The third-order valence-electron chi connectivity index (χ3n) is 6.29. The number of sulfonamides is 1. The number of aryl methyl sites for hydroxylation is 1. The van der Waals surface area contributed by atoms with Crippen molar-refractivity contribution in [3.8, 4) is 17.6 Å². The van der Waals surface area contributed by atoms with Crippen LogP contribution in [0.4, 0.5) is 0 Å². The molecule has 0 spiro atoms. The molecular weight excluding hydrogens is 410 g/mol. The summed E-state index contributed by atoms with van der Waals surface area (Å²) in [5, 5.41) is 10.8. The lowest BCUT2D eigenvalue weighted by Crippen LogP contribution is -2.34. The molecule has 1 aromatic carbocycles. The first-order chi connectivity index (χ1) is 14.9. The van der Waals surface area contributed by atoms with E-state index in [1.165, 1.54) is 25.2 Å². The highest BCUT2D eigenvalue weighted by molar-refractivity contribution is 7.89. The van der Waals surface area contributed by atoms with Crippen molar-refractivity contribution in [3.63, 3.8) is 0 Å². The molecule has 7 nitrogen and oxygen atoms in total. The first kappa shape index (κ1) is 20.2. The van der Waals surface area contributed by atoms with E-state index in [2.05, 4.69) is 31.4 Å². The number of nitrogens with zero attached hydrogens (tertiary/aromatic N) is 4. The smallest absolute Gasteiger partial charge is 0.243 e. The Morgan fingerprint density at radius 3 is 2.55 bits per heavy atom. The van der Waals surface area contributed by atoms with Gasteiger partial charge in [-0.25, -0.2) is 23.1 Å². The van der Waals surface area contributed by atoms with Gasteiger partial charge in [0, 0.05) is 18.0 Å². The number of fused-ring (bicyclic) bond motifs is 1. The van der Waals surface area contributed by atoms with Crippen LogP contribution in [0, 0.1) is 30.1 Å². The van der Waals surface area contributed by atoms with Crippen LogP contribution >= 0.6 is 0 Å². The molecule has 2 saturated carbocycles. The second kappa shape index (κ2) is 7.43. The van der Waals surface area contributed by atoms with E-state index in [1.807, 2.05) is 26.0 Å². The second-order valence-corrected chi connectivity index (χ2v) is 10.6. The van der Waals surface area contributed by atoms with E-state index in [9.17, 15) is 13.7 Å². The van der Waals surface area contributed by atoms with Crippen LogP contribution in [-0.2, 0) is 16.6 Å². The number of hydrogen-bond donors (Lipinski definition) is 1. The molecule has 3 aromatic rings. The molecule has 31 heavy (non-hydrogen) atoms. The van der Waals surface area contributed by atoms with Crippen LogP contribution in [-0.4, -0.2) is 29.0 Å². The number of aromatic nitrogens is 3. The molecule has 2 aromatic heterocycles. The summed E-state index contributed by atoms with van der Waals surface area (Å²) in [5.74, 6) is 1.38. The zero-order chi connectivity index (χ0) is 21.8. The van der Waals surface area contributed by atoms with Gasteiger partial charge in [-0.3, -0.25) is 0 Å². The summed E-state index contributed by atoms with van der Waals surface area (Å²) in [6.07, 6.45) is 7.15. The minimum absolute atomic E-state index is 0.0444. The van der Waals surface area contributed by atoms with Gasteiger partial charge >= 0.3 is 0 Å². The number of rotatable bonds is 7. The van der Waals surface area contributed by atoms with Gasteiger partial charge in [0.1, 0.15) is 16.7 Å². The van der Waals surface area contributed by atoms with E-state index in [-0.39, 0.29) is 10.9 Å². The largest absolute Gasteiger partial charge is 0.336 e. The van der Waals surface area contributed by atoms with Crippen LogP contribution in [0.1, 0.15) is 43.7 Å². The highest BCUT2D eigenvalue weighted by atomic mass is 32.2. The Morgan fingerprint density at radius 1 is 1.23 bits per heavy atom. The molecule has 0 radical (unpaired) electrons. The van der Waals surface area contributed by atoms with Crippen LogP contribution in [0.25, 0.3) is 22.4 Å². The zero-order valence-electron chi connectivity index (χ0n) is 17.7. The average Bonchev–Trinajstić information content (AvgIpc) is 3.65. The maximum absolute atomic E-state index is 12.7. The van der Waals surface area contributed by atoms with Gasteiger partial charge in [0.15, 0.2) is 5.82 Å². The summed E-state index contributed by atoms with van der Waals surface area (Å²) in [6, 6.07) is 8.29. The van der Waals surface area contributed by atoms with E-state index in [0.29, 0.717) is 28.9 Å². The van der Waals surface area contributed by atoms with Gasteiger partial charge < -0.3 is 4.57 Å². The SMILES string of the molecule is Cc1ccc2c(C#N)c(-c3ncc(S(=O)(=O)N[C@@H](C)C4CC4)cn3)n(CC3CC3)c2c1. The van der Waals surface area contributed by atoms with Gasteiger partial charge in [-0.1, -0.05) is 12.1 Å². The number of nitrogens with one attached hydrogen (secondary N) is 1. The molecule has 0 amide bonds. The molecule has 2 fully saturated rings. The predicted molar refractivity (Wildman–Crippen MR) is 118 cm³/mol. The lowest BCUT2D eigenvalue weighted by molar-refractivity contribution is 0.537. The van der Waals surface area contributed by atoms with Crippen molar-refractivity contribution in [2.24, 2.45) is 11.8 Å². The topological polar surface area (TPSA) is 101 Å². The average molecular weight is 436 g/mol. The third-order valence-corrected chi connectivity index (χ3v) is 7.80. The minimum atomic E-state index is -3.68. The summed E-state index contributed by atoms with van der Waals surface area (Å²) in [4.78, 5) is 8.84. The van der Waals surface area contributed by atoms with Gasteiger partial charge in [-0.15, -0.1) is 0 Å². The summed E-state index contributed by atoms with van der Waals surface area (Å²) >= 11 is 0. The molecule has 0 unspecified atom stereocenters. The fourth-order valence-corrected chi connectivity index (χ4v) is 5.34. The van der Waals surface area contributed by atoms with Gasteiger partial charge in [-0.05, 0) is 63.0 Å². The molecule has 2 aliphatic rings. The first-order valence-corrected chi connectivity index (χ1v) is 12.2. The van der Waals surface area contributed by atoms with E-state index in [4.69, 9.17) is 0 Å². The second-order valence-electron chi connectivity index (χ2n) is 8.90. The van der Waals surface area contributed by atoms with Gasteiger partial charge in [0.25, 0.3) is 0 Å². The minimum Gasteiger partial charge on any atom is -0.336 e. The van der Waals surface area contributed by atoms with Crippen molar-refractivity contribution in [2.45, 2.75) is 57.0 Å². The highest BCUT2D eigenvalue weighted by Crippen LogP contribution is 2.38. The number of nitriles is 1. The normalized spacial score (nSPS) is 17.6. The molecule has 5 rings (SSSR count). The summed E-state index contributed by atoms with van der Waals surface area (Å²) in [7, 11) is -3.68. The Morgan fingerprint density at radius 2 is 1.94 bits per heavy atom. The molecule has 160 valence electrons. The van der Waals surface area contributed by atoms with Crippen molar-refractivity contribution < 1.29 is 8.42 Å². The Balaban J connectivity index is 1.56. The van der Waals surface area contributed by atoms with Crippen LogP contribution in [0.5, 0.6) is 0 Å². The molecule has 2 aliphatic carbocycles. The van der Waals surface area contributed by atoms with Gasteiger partial charge in [0.05, 0.1) is 23.5 Å². The number of benzene rings is 1. The van der Waals surface area contributed by atoms with Crippen LogP contribution in [0.15, 0.2) is 35.5 Å². The molecule has 2 heterocycles. The maximum Gasteiger partial charge on any atom is 0.243 e. The lowest BCUT2D eigenvalue weighted by Gasteiger charge is -2.13. The van der Waals surface area contributed by atoms with E-state index >= 15 is 0 Å². The van der Waals surface area contributed by atoms with Gasteiger partial charge in [0.2, 0.25) is 10.0 Å². The van der Waals surface area contributed by atoms with E-state index in [1.54, 1.807) is 0 Å². The molecule has 0 bridgehead atoms. The molecule has 0 saturated heterocycles. The van der Waals surface area contributed by atoms with E-state index in [0.717, 1.165) is 35.9 Å². The highest BCUT2D eigenvalue weighted by Gasteiger charge is 2.32. The van der Waals surface area contributed by atoms with Crippen molar-refractivity contribution in [1.29, 1.82) is 5.26 Å². The monoisotopic (exact) mass is 435 g/mol. The molecule has 8 heteroatoms. The Labute approximate surface area is 182 Å². The van der Waals surface area contributed by atoms with Crippen LogP contribution < -0.4 is 4.72 Å². The Bertz CT molecular complexity index is 1300. The quantitative estimate of drug-likeness (QED) is 0.609. The van der Waals surface area contributed by atoms with Crippen LogP contribution in [0.2, 0.25) is 0 Å². The molecule has 0 aliphatic heterocycles. The standard InChI is InChI=1S/C23H25N5O2S/c1-14-3-8-19-20(10-24)22(28(21(19)9-14)13-16-4-5-16)23-25-11-18(12-26-23)31(29,30)27-15(2)17-6-7-17/h3,8-9,11-12,15-17,27H,4-7,13H2,1-2H3/t15-/m0/s1. The molecule has 1 N–H and O–H groups in total. The van der Waals surface area contributed by atoms with Crippen molar-refractivity contribution in [2.75, 3.05) is 0 Å². The summed E-state index contributed by atoms with van der Waals surface area (Å²) in [5.41, 5.74) is 3.32.